The predicted octanol–water partition coefficient (Wildman–Crippen LogP) is 1.77. The molecule has 0 bridgehead atoms. The maximum Gasteiger partial charge on any atom is 0.126 e. The van der Waals surface area contributed by atoms with Gasteiger partial charge in [-0.15, -0.1) is 0 Å². The smallest absolute Gasteiger partial charge is 0.126 e. The molecular formula is C12H15FO2. The first kappa shape index (κ1) is 10.6. The van der Waals surface area contributed by atoms with Crippen molar-refractivity contribution in [2.45, 2.75) is 18.9 Å². The lowest BCUT2D eigenvalue weighted by Gasteiger charge is -2.27. The van der Waals surface area contributed by atoms with Crippen molar-refractivity contribution in [1.29, 1.82) is 0 Å². The minimum absolute atomic E-state index is 0.0237. The van der Waals surface area contributed by atoms with Crippen LogP contribution in [0.25, 0.3) is 0 Å². The van der Waals surface area contributed by atoms with Crippen LogP contribution in [-0.2, 0) is 11.2 Å². The largest absolute Gasteiger partial charge is 0.393 e. The van der Waals surface area contributed by atoms with Crippen LogP contribution in [0.3, 0.4) is 0 Å². The molecule has 0 saturated carbocycles. The second-order valence-electron chi connectivity index (χ2n) is 3.99. The molecule has 2 unspecified atom stereocenters. The van der Waals surface area contributed by atoms with Crippen LogP contribution >= 0.6 is 0 Å². The molecule has 1 aromatic rings. The summed E-state index contributed by atoms with van der Waals surface area (Å²) in [6, 6.07) is 6.70. The van der Waals surface area contributed by atoms with E-state index in [2.05, 4.69) is 0 Å². The van der Waals surface area contributed by atoms with Gasteiger partial charge in [-0.25, -0.2) is 4.39 Å². The van der Waals surface area contributed by atoms with E-state index in [1.54, 1.807) is 12.1 Å². The molecule has 3 heteroatoms. The van der Waals surface area contributed by atoms with Crippen molar-refractivity contribution >= 4 is 0 Å². The zero-order valence-electron chi connectivity index (χ0n) is 8.53. The Hall–Kier alpha value is -0.930. The Morgan fingerprint density at radius 3 is 2.93 bits per heavy atom. The van der Waals surface area contributed by atoms with Crippen molar-refractivity contribution in [3.8, 4) is 0 Å². The highest BCUT2D eigenvalue weighted by Crippen LogP contribution is 2.20. The second-order valence-corrected chi connectivity index (χ2v) is 3.99. The normalized spacial score (nSPS) is 26.5. The first-order chi connectivity index (χ1) is 7.27. The summed E-state index contributed by atoms with van der Waals surface area (Å²) in [6.45, 7) is 1.13. The molecule has 2 atom stereocenters. The van der Waals surface area contributed by atoms with Crippen LogP contribution in [0.5, 0.6) is 0 Å². The molecule has 1 N–H and O–H groups in total. The molecule has 0 spiro atoms. The standard InChI is InChI=1S/C12H15FO2/c13-11-4-2-1-3-9(11)7-10-8-15-6-5-12(10)14/h1-4,10,12,14H,5-8H2. The van der Waals surface area contributed by atoms with Gasteiger partial charge < -0.3 is 9.84 Å². The summed E-state index contributed by atoms with van der Waals surface area (Å²) < 4.78 is 18.6. The van der Waals surface area contributed by atoms with E-state index >= 15 is 0 Å². The Labute approximate surface area is 88.7 Å². The van der Waals surface area contributed by atoms with Crippen LogP contribution in [0.2, 0.25) is 0 Å². The Kier molecular flexibility index (Phi) is 3.34. The van der Waals surface area contributed by atoms with Crippen molar-refractivity contribution in [2.24, 2.45) is 5.92 Å². The number of ether oxygens (including phenoxy) is 1. The van der Waals surface area contributed by atoms with Gasteiger partial charge in [0.1, 0.15) is 5.82 Å². The van der Waals surface area contributed by atoms with Crippen molar-refractivity contribution in [3.05, 3.63) is 35.6 Å². The molecular weight excluding hydrogens is 195 g/mol. The molecule has 1 saturated heterocycles. The molecule has 1 heterocycles. The van der Waals surface area contributed by atoms with Gasteiger partial charge in [-0.2, -0.15) is 0 Å². The number of hydrogen-bond donors (Lipinski definition) is 1. The fourth-order valence-corrected chi connectivity index (χ4v) is 1.93. The fraction of sp³-hybridized carbons (Fsp3) is 0.500. The maximum atomic E-state index is 13.3. The number of aliphatic hydroxyl groups is 1. The van der Waals surface area contributed by atoms with Gasteiger partial charge in [0.05, 0.1) is 12.7 Å². The molecule has 0 aliphatic carbocycles. The molecule has 2 nitrogen and oxygen atoms in total. The minimum Gasteiger partial charge on any atom is -0.393 e. The Bertz CT molecular complexity index is 327. The molecule has 0 radical (unpaired) electrons. The zero-order chi connectivity index (χ0) is 10.7. The molecule has 82 valence electrons. The average molecular weight is 210 g/mol. The van der Waals surface area contributed by atoms with Crippen molar-refractivity contribution in [2.75, 3.05) is 13.2 Å². The predicted molar refractivity (Wildman–Crippen MR) is 55.0 cm³/mol. The number of hydrogen-bond acceptors (Lipinski definition) is 2. The number of halogens is 1. The SMILES string of the molecule is OC1CCOCC1Cc1ccccc1F. The highest BCUT2D eigenvalue weighted by Gasteiger charge is 2.24. The van der Waals surface area contributed by atoms with E-state index in [0.29, 0.717) is 31.6 Å². The van der Waals surface area contributed by atoms with Crippen molar-refractivity contribution in [3.63, 3.8) is 0 Å². The van der Waals surface area contributed by atoms with Gasteiger partial charge in [0.2, 0.25) is 0 Å². The number of aliphatic hydroxyl groups excluding tert-OH is 1. The van der Waals surface area contributed by atoms with Gasteiger partial charge in [0.25, 0.3) is 0 Å². The Morgan fingerprint density at radius 1 is 1.40 bits per heavy atom. The first-order valence-corrected chi connectivity index (χ1v) is 5.26. The van der Waals surface area contributed by atoms with Gasteiger partial charge in [0, 0.05) is 12.5 Å². The van der Waals surface area contributed by atoms with Crippen LogP contribution in [0.4, 0.5) is 4.39 Å². The number of rotatable bonds is 2. The van der Waals surface area contributed by atoms with E-state index < -0.39 is 0 Å². The lowest BCUT2D eigenvalue weighted by Crippen LogP contribution is -2.33. The molecule has 0 aromatic heterocycles. The van der Waals surface area contributed by atoms with Crippen molar-refractivity contribution in [1.82, 2.24) is 0 Å². The monoisotopic (exact) mass is 210 g/mol. The van der Waals surface area contributed by atoms with Crippen LogP contribution in [0.1, 0.15) is 12.0 Å². The zero-order valence-corrected chi connectivity index (χ0v) is 8.53. The molecule has 1 aromatic carbocycles. The number of benzene rings is 1. The van der Waals surface area contributed by atoms with Crippen LogP contribution in [0.15, 0.2) is 24.3 Å². The maximum absolute atomic E-state index is 13.3. The van der Waals surface area contributed by atoms with Crippen LogP contribution < -0.4 is 0 Å². The summed E-state index contributed by atoms with van der Waals surface area (Å²) in [4.78, 5) is 0. The average Bonchev–Trinajstić information content (AvgIpc) is 2.24. The molecule has 1 aliphatic rings. The van der Waals surface area contributed by atoms with Gasteiger partial charge in [0.15, 0.2) is 0 Å². The molecule has 1 fully saturated rings. The fourth-order valence-electron chi connectivity index (χ4n) is 1.93. The van der Waals surface area contributed by atoms with E-state index in [-0.39, 0.29) is 17.8 Å². The lowest BCUT2D eigenvalue weighted by molar-refractivity contribution is -0.0352. The Morgan fingerprint density at radius 2 is 2.20 bits per heavy atom. The second kappa shape index (κ2) is 4.73. The highest BCUT2D eigenvalue weighted by molar-refractivity contribution is 5.18. The third kappa shape index (κ3) is 2.55. The van der Waals surface area contributed by atoms with E-state index in [9.17, 15) is 9.50 Å². The summed E-state index contributed by atoms with van der Waals surface area (Å²) in [5.41, 5.74) is 0.659. The van der Waals surface area contributed by atoms with E-state index in [0.717, 1.165) is 0 Å². The quantitative estimate of drug-likeness (QED) is 0.806. The summed E-state index contributed by atoms with van der Waals surface area (Å²) in [7, 11) is 0. The van der Waals surface area contributed by atoms with E-state index in [1.165, 1.54) is 6.07 Å². The third-order valence-electron chi connectivity index (χ3n) is 2.87. The van der Waals surface area contributed by atoms with Crippen LogP contribution in [0, 0.1) is 11.7 Å². The van der Waals surface area contributed by atoms with Gasteiger partial charge >= 0.3 is 0 Å². The molecule has 1 aliphatic heterocycles. The van der Waals surface area contributed by atoms with Crippen molar-refractivity contribution < 1.29 is 14.2 Å². The molecule has 2 rings (SSSR count). The molecule has 15 heavy (non-hydrogen) atoms. The molecule has 0 amide bonds. The van der Waals surface area contributed by atoms with E-state index in [4.69, 9.17) is 4.74 Å². The van der Waals surface area contributed by atoms with Gasteiger partial charge in [-0.3, -0.25) is 0 Å². The minimum atomic E-state index is -0.363. The lowest BCUT2D eigenvalue weighted by atomic mass is 9.91. The van der Waals surface area contributed by atoms with Gasteiger partial charge in [-0.05, 0) is 24.5 Å². The summed E-state index contributed by atoms with van der Waals surface area (Å²) in [5.74, 6) is -0.175. The summed E-state index contributed by atoms with van der Waals surface area (Å²) >= 11 is 0. The summed E-state index contributed by atoms with van der Waals surface area (Å²) in [5, 5.41) is 9.72. The van der Waals surface area contributed by atoms with Crippen LogP contribution in [-0.4, -0.2) is 24.4 Å². The third-order valence-corrected chi connectivity index (χ3v) is 2.87. The van der Waals surface area contributed by atoms with E-state index in [1.807, 2.05) is 6.07 Å². The Balaban J connectivity index is 2.04. The topological polar surface area (TPSA) is 29.5 Å². The highest BCUT2D eigenvalue weighted by atomic mass is 19.1. The first-order valence-electron chi connectivity index (χ1n) is 5.26. The van der Waals surface area contributed by atoms with Gasteiger partial charge in [-0.1, -0.05) is 18.2 Å². The summed E-state index contributed by atoms with van der Waals surface area (Å²) in [6.07, 6.45) is 0.839.